The van der Waals surface area contributed by atoms with E-state index in [2.05, 4.69) is 39.1 Å². The molecular weight excluding hydrogens is 364 g/mol. The van der Waals surface area contributed by atoms with Gasteiger partial charge in [-0.05, 0) is 51.0 Å². The monoisotopic (exact) mass is 394 g/mol. The Labute approximate surface area is 172 Å². The second kappa shape index (κ2) is 8.80. The summed E-state index contributed by atoms with van der Waals surface area (Å²) in [4.78, 5) is 37.3. The summed E-state index contributed by atoms with van der Waals surface area (Å²) in [6.07, 6.45) is 6.41. The van der Waals surface area contributed by atoms with Crippen LogP contribution in [0.3, 0.4) is 0 Å². The fourth-order valence-corrected chi connectivity index (χ4v) is 4.58. The van der Waals surface area contributed by atoms with Crippen molar-refractivity contribution in [2.45, 2.75) is 57.9 Å². The molecule has 2 fully saturated rings. The normalized spacial score (nSPS) is 19.1. The molecule has 0 radical (unpaired) electrons. The van der Waals surface area contributed by atoms with Gasteiger partial charge in [-0.1, -0.05) is 30.3 Å². The molecule has 1 N–H and O–H groups in total. The van der Waals surface area contributed by atoms with Crippen LogP contribution in [0.1, 0.15) is 48.9 Å². The lowest BCUT2D eigenvalue weighted by atomic mass is 10.0. The van der Waals surface area contributed by atoms with E-state index in [1.54, 1.807) is 0 Å². The Morgan fingerprint density at radius 3 is 2.62 bits per heavy atom. The molecule has 1 aromatic carbocycles. The van der Waals surface area contributed by atoms with Crippen molar-refractivity contribution in [3.05, 3.63) is 57.5 Å². The number of hydrogen-bond acceptors (Lipinski definition) is 4. The third-order valence-electron chi connectivity index (χ3n) is 6.25. The van der Waals surface area contributed by atoms with E-state index in [9.17, 15) is 9.59 Å². The van der Waals surface area contributed by atoms with E-state index in [-0.39, 0.29) is 23.9 Å². The lowest BCUT2D eigenvalue weighted by Gasteiger charge is -2.25. The minimum Gasteiger partial charge on any atom is -0.342 e. The quantitative estimate of drug-likeness (QED) is 0.818. The van der Waals surface area contributed by atoms with Gasteiger partial charge >= 0.3 is 0 Å². The van der Waals surface area contributed by atoms with Gasteiger partial charge in [0.1, 0.15) is 0 Å². The van der Waals surface area contributed by atoms with Crippen molar-refractivity contribution in [2.75, 3.05) is 24.5 Å². The van der Waals surface area contributed by atoms with Gasteiger partial charge in [0.25, 0.3) is 5.56 Å². The Hall–Kier alpha value is -2.63. The number of nitrogens with one attached hydrogen (secondary N) is 1. The number of aromatic nitrogens is 2. The number of anilines is 1. The van der Waals surface area contributed by atoms with Crippen molar-refractivity contribution in [1.82, 2.24) is 14.9 Å². The second-order valence-electron chi connectivity index (χ2n) is 8.23. The maximum absolute atomic E-state index is 13.0. The molecule has 2 saturated heterocycles. The molecular formula is C23H30N4O2. The molecule has 0 bridgehead atoms. The molecule has 154 valence electrons. The Morgan fingerprint density at radius 2 is 1.90 bits per heavy atom. The number of rotatable bonds is 6. The average Bonchev–Trinajstić information content (AvgIpc) is 3.41. The molecule has 1 aromatic heterocycles. The molecule has 4 rings (SSSR count). The van der Waals surface area contributed by atoms with Gasteiger partial charge in [0.15, 0.2) is 0 Å². The highest BCUT2D eigenvalue weighted by Gasteiger charge is 2.29. The maximum atomic E-state index is 13.0. The van der Waals surface area contributed by atoms with E-state index in [0.717, 1.165) is 58.2 Å². The van der Waals surface area contributed by atoms with Gasteiger partial charge in [-0.2, -0.15) is 0 Å². The number of aryl methyl sites for hydroxylation is 2. The maximum Gasteiger partial charge on any atom is 0.256 e. The lowest BCUT2D eigenvalue weighted by molar-refractivity contribution is -0.131. The van der Waals surface area contributed by atoms with E-state index in [1.165, 1.54) is 5.56 Å². The fourth-order valence-electron chi connectivity index (χ4n) is 4.58. The predicted octanol–water partition coefficient (Wildman–Crippen LogP) is 2.84. The van der Waals surface area contributed by atoms with Crippen LogP contribution >= 0.6 is 0 Å². The highest BCUT2D eigenvalue weighted by molar-refractivity contribution is 5.79. The molecule has 6 heteroatoms. The fraction of sp³-hybridized carbons (Fsp3) is 0.522. The first-order chi connectivity index (χ1) is 14.1. The zero-order chi connectivity index (χ0) is 20.2. The van der Waals surface area contributed by atoms with Crippen LogP contribution in [-0.2, 0) is 17.6 Å². The molecule has 1 atom stereocenters. The molecule has 0 saturated carbocycles. The molecule has 6 nitrogen and oxygen atoms in total. The third-order valence-corrected chi connectivity index (χ3v) is 6.25. The zero-order valence-electron chi connectivity index (χ0n) is 17.2. The van der Waals surface area contributed by atoms with Crippen molar-refractivity contribution in [3.63, 3.8) is 0 Å². The number of amides is 1. The van der Waals surface area contributed by atoms with Crippen LogP contribution < -0.4 is 10.5 Å². The predicted molar refractivity (Wildman–Crippen MR) is 114 cm³/mol. The molecule has 29 heavy (non-hydrogen) atoms. The number of H-pyrrole nitrogens is 1. The summed E-state index contributed by atoms with van der Waals surface area (Å²) >= 11 is 0. The lowest BCUT2D eigenvalue weighted by Crippen LogP contribution is -2.38. The third kappa shape index (κ3) is 4.52. The van der Waals surface area contributed by atoms with Crippen LogP contribution in [0.4, 0.5) is 5.95 Å². The summed E-state index contributed by atoms with van der Waals surface area (Å²) in [6.45, 7) is 4.48. The molecule has 0 aliphatic carbocycles. The Bertz CT molecular complexity index is 903. The molecule has 3 heterocycles. The zero-order valence-corrected chi connectivity index (χ0v) is 17.2. The van der Waals surface area contributed by atoms with Gasteiger partial charge in [-0.3, -0.25) is 14.6 Å². The topological polar surface area (TPSA) is 69.3 Å². The van der Waals surface area contributed by atoms with Crippen LogP contribution in [0.5, 0.6) is 0 Å². The summed E-state index contributed by atoms with van der Waals surface area (Å²) in [5, 5.41) is 0. The summed E-state index contributed by atoms with van der Waals surface area (Å²) in [7, 11) is 0. The first-order valence-corrected chi connectivity index (χ1v) is 10.8. The number of hydrogen-bond donors (Lipinski definition) is 1. The average molecular weight is 395 g/mol. The SMILES string of the molecule is Cc1nc(N2CCCC2)[nH]c(=O)c1CC(=O)N1CCC[C@@H]1CCc1ccccc1. The second-order valence-corrected chi connectivity index (χ2v) is 8.23. The van der Waals surface area contributed by atoms with Crippen LogP contribution in [0.15, 0.2) is 35.1 Å². The minimum atomic E-state index is -0.173. The van der Waals surface area contributed by atoms with Crippen LogP contribution in [0.2, 0.25) is 0 Å². The number of carbonyl (C=O) groups excluding carboxylic acids is 1. The molecule has 1 amide bonds. The van der Waals surface area contributed by atoms with Gasteiger partial charge < -0.3 is 9.80 Å². The van der Waals surface area contributed by atoms with Gasteiger partial charge in [0.05, 0.1) is 12.1 Å². The molecule has 0 spiro atoms. The molecule has 0 unspecified atom stereocenters. The van der Waals surface area contributed by atoms with E-state index < -0.39 is 0 Å². The summed E-state index contributed by atoms with van der Waals surface area (Å²) in [5.74, 6) is 0.688. The van der Waals surface area contributed by atoms with E-state index in [0.29, 0.717) is 17.2 Å². The number of carbonyl (C=O) groups is 1. The molecule has 2 aliphatic heterocycles. The number of aromatic amines is 1. The minimum absolute atomic E-state index is 0.0462. The Balaban J connectivity index is 1.42. The summed E-state index contributed by atoms with van der Waals surface area (Å²) in [5.41, 5.74) is 2.31. The van der Waals surface area contributed by atoms with Gasteiger partial charge in [0, 0.05) is 31.2 Å². The molecule has 2 aromatic rings. The van der Waals surface area contributed by atoms with Gasteiger partial charge in [-0.15, -0.1) is 0 Å². The highest BCUT2D eigenvalue weighted by atomic mass is 16.2. The number of nitrogens with zero attached hydrogens (tertiary/aromatic N) is 3. The van der Waals surface area contributed by atoms with Crippen LogP contribution in [0, 0.1) is 6.92 Å². The Morgan fingerprint density at radius 1 is 1.14 bits per heavy atom. The summed E-state index contributed by atoms with van der Waals surface area (Å²) in [6, 6.07) is 10.7. The van der Waals surface area contributed by atoms with Crippen molar-refractivity contribution in [3.8, 4) is 0 Å². The van der Waals surface area contributed by atoms with Crippen LogP contribution in [-0.4, -0.2) is 46.5 Å². The van der Waals surface area contributed by atoms with Crippen molar-refractivity contribution in [2.24, 2.45) is 0 Å². The van der Waals surface area contributed by atoms with Crippen molar-refractivity contribution >= 4 is 11.9 Å². The highest BCUT2D eigenvalue weighted by Crippen LogP contribution is 2.23. The van der Waals surface area contributed by atoms with Gasteiger partial charge in [0.2, 0.25) is 11.9 Å². The summed E-state index contributed by atoms with van der Waals surface area (Å²) < 4.78 is 0. The smallest absolute Gasteiger partial charge is 0.256 e. The largest absolute Gasteiger partial charge is 0.342 e. The first kappa shape index (κ1) is 19.7. The number of likely N-dealkylation sites (tertiary alicyclic amines) is 1. The van der Waals surface area contributed by atoms with E-state index in [1.807, 2.05) is 17.9 Å². The standard InChI is InChI=1S/C23H30N4O2/c1-17-20(22(29)25-23(24-17)26-13-5-6-14-26)16-21(28)27-15-7-10-19(27)12-11-18-8-3-2-4-9-18/h2-4,8-9,19H,5-7,10-16H2,1H3,(H,24,25,29)/t19-/m1/s1. The van der Waals surface area contributed by atoms with Gasteiger partial charge in [-0.25, -0.2) is 4.98 Å². The molecule has 2 aliphatic rings. The Kier molecular flexibility index (Phi) is 5.97. The number of benzene rings is 1. The van der Waals surface area contributed by atoms with Crippen molar-refractivity contribution in [1.29, 1.82) is 0 Å². The van der Waals surface area contributed by atoms with E-state index in [4.69, 9.17) is 0 Å². The first-order valence-electron chi connectivity index (χ1n) is 10.8. The van der Waals surface area contributed by atoms with Crippen LogP contribution in [0.25, 0.3) is 0 Å². The van der Waals surface area contributed by atoms with Crippen molar-refractivity contribution < 1.29 is 4.79 Å². The van der Waals surface area contributed by atoms with E-state index >= 15 is 0 Å².